The highest BCUT2D eigenvalue weighted by Crippen LogP contribution is 2.34. The van der Waals surface area contributed by atoms with Gasteiger partial charge in [0.15, 0.2) is 17.3 Å². The van der Waals surface area contributed by atoms with Gasteiger partial charge in [-0.2, -0.15) is 20.0 Å². The lowest BCUT2D eigenvalue weighted by Crippen LogP contribution is -2.15. The maximum absolute atomic E-state index is 5.93. The topological polar surface area (TPSA) is 102 Å². The van der Waals surface area contributed by atoms with Crippen LogP contribution >= 0.6 is 12.2 Å². The predicted octanol–water partition coefficient (Wildman–Crippen LogP) is 4.86. The van der Waals surface area contributed by atoms with Crippen LogP contribution in [0.4, 0.5) is 0 Å². The fourth-order valence-corrected chi connectivity index (χ4v) is 3.88. The molecule has 10 heteroatoms. The van der Waals surface area contributed by atoms with Crippen LogP contribution in [0.15, 0.2) is 53.8 Å². The van der Waals surface area contributed by atoms with Gasteiger partial charge >= 0.3 is 0 Å². The van der Waals surface area contributed by atoms with Crippen molar-refractivity contribution in [1.29, 1.82) is 0 Å². The van der Waals surface area contributed by atoms with Gasteiger partial charge in [-0.15, -0.1) is 0 Å². The molecule has 0 spiro atoms. The molecule has 0 amide bonds. The molecule has 0 fully saturated rings. The molecule has 1 aliphatic heterocycles. The van der Waals surface area contributed by atoms with Gasteiger partial charge in [0.1, 0.15) is 25.6 Å². The monoisotopic (exact) mass is 490 g/mol. The minimum atomic E-state index is 0.0848. The van der Waals surface area contributed by atoms with E-state index in [1.165, 1.54) is 5.56 Å². The number of aromatic amines is 2. The summed E-state index contributed by atoms with van der Waals surface area (Å²) in [6.07, 6.45) is 3.38. The molecule has 0 unspecified atom stereocenters. The Morgan fingerprint density at radius 2 is 1.86 bits per heavy atom. The highest BCUT2D eigenvalue weighted by Gasteiger charge is 2.16. The van der Waals surface area contributed by atoms with Crippen LogP contribution < -0.4 is 14.2 Å². The van der Waals surface area contributed by atoms with E-state index < -0.39 is 0 Å². The Bertz CT molecular complexity index is 1410. The van der Waals surface area contributed by atoms with Crippen molar-refractivity contribution in [3.63, 3.8) is 0 Å². The van der Waals surface area contributed by atoms with E-state index in [4.69, 9.17) is 26.4 Å². The van der Waals surface area contributed by atoms with Gasteiger partial charge in [0.25, 0.3) is 0 Å². The second kappa shape index (κ2) is 9.38. The third kappa shape index (κ3) is 4.97. The van der Waals surface area contributed by atoms with Crippen molar-refractivity contribution >= 4 is 18.4 Å². The van der Waals surface area contributed by atoms with E-state index in [0.717, 1.165) is 28.3 Å². The van der Waals surface area contributed by atoms with Gasteiger partial charge in [-0.25, -0.2) is 5.10 Å². The van der Waals surface area contributed by atoms with Gasteiger partial charge in [0.2, 0.25) is 4.77 Å². The Kier molecular flexibility index (Phi) is 6.12. The Labute approximate surface area is 207 Å². The standard InChI is InChI=1S/C25H26N6O3S/c1-25(2,3)18-5-7-19(8-6-18)34-15-22-28-30-24(35)31(22)27-14-17-13-26-29-23(17)16-4-9-20-21(12-16)33-11-10-32-20/h4-9,12-14H,10-11,15H2,1-3H3,(H,26,29)(H,30,35)/b27-14+. The fourth-order valence-electron chi connectivity index (χ4n) is 3.68. The predicted molar refractivity (Wildman–Crippen MR) is 135 cm³/mol. The Balaban J connectivity index is 1.33. The number of ether oxygens (including phenoxy) is 3. The van der Waals surface area contributed by atoms with Crippen LogP contribution in [0, 0.1) is 4.77 Å². The molecule has 5 rings (SSSR count). The van der Waals surface area contributed by atoms with Gasteiger partial charge in [0, 0.05) is 11.1 Å². The average molecular weight is 491 g/mol. The second-order valence-corrected chi connectivity index (χ2v) is 9.51. The molecule has 0 saturated heterocycles. The molecule has 0 atom stereocenters. The summed E-state index contributed by atoms with van der Waals surface area (Å²) in [7, 11) is 0. The second-order valence-electron chi connectivity index (χ2n) is 9.12. The molecule has 0 radical (unpaired) electrons. The van der Waals surface area contributed by atoms with Crippen LogP contribution in [0.2, 0.25) is 0 Å². The smallest absolute Gasteiger partial charge is 0.216 e. The molecule has 35 heavy (non-hydrogen) atoms. The molecule has 0 saturated carbocycles. The number of nitrogens with zero attached hydrogens (tertiary/aromatic N) is 4. The zero-order valence-electron chi connectivity index (χ0n) is 19.7. The SMILES string of the molecule is CC(C)(C)c1ccc(OCc2n[nH]c(=S)n2/N=C/c2cn[nH]c2-c2ccc3c(c2)OCCO3)cc1. The number of aromatic nitrogens is 5. The maximum Gasteiger partial charge on any atom is 0.216 e. The summed E-state index contributed by atoms with van der Waals surface area (Å²) in [5.74, 6) is 2.74. The quantitative estimate of drug-likeness (QED) is 0.296. The van der Waals surface area contributed by atoms with Crippen molar-refractivity contribution in [2.75, 3.05) is 13.2 Å². The van der Waals surface area contributed by atoms with E-state index in [-0.39, 0.29) is 12.0 Å². The summed E-state index contributed by atoms with van der Waals surface area (Å²) in [5, 5.41) is 18.8. The Hall–Kier alpha value is -3.92. The summed E-state index contributed by atoms with van der Waals surface area (Å²) in [4.78, 5) is 0. The molecule has 2 aromatic carbocycles. The molecule has 4 aromatic rings. The first-order chi connectivity index (χ1) is 16.9. The van der Waals surface area contributed by atoms with Crippen molar-refractivity contribution in [3.05, 3.63) is 70.4 Å². The number of hydrogen-bond donors (Lipinski definition) is 2. The van der Waals surface area contributed by atoms with Gasteiger partial charge in [-0.05, 0) is 53.5 Å². The fraction of sp³-hybridized carbons (Fsp3) is 0.280. The lowest BCUT2D eigenvalue weighted by Gasteiger charge is -2.19. The number of nitrogens with one attached hydrogen (secondary N) is 2. The first kappa shape index (κ1) is 22.9. The number of fused-ring (bicyclic) bond motifs is 1. The average Bonchev–Trinajstić information content (AvgIpc) is 3.47. The molecular weight excluding hydrogens is 464 g/mol. The van der Waals surface area contributed by atoms with Gasteiger partial charge in [-0.3, -0.25) is 5.10 Å². The minimum Gasteiger partial charge on any atom is -0.486 e. The lowest BCUT2D eigenvalue weighted by molar-refractivity contribution is 0.171. The van der Waals surface area contributed by atoms with E-state index >= 15 is 0 Å². The third-order valence-electron chi connectivity index (χ3n) is 5.62. The summed E-state index contributed by atoms with van der Waals surface area (Å²) in [6.45, 7) is 7.82. The molecule has 1 aliphatic rings. The summed E-state index contributed by atoms with van der Waals surface area (Å²) in [6, 6.07) is 13.8. The first-order valence-corrected chi connectivity index (χ1v) is 11.7. The zero-order valence-corrected chi connectivity index (χ0v) is 20.6. The van der Waals surface area contributed by atoms with Crippen LogP contribution in [0.5, 0.6) is 17.2 Å². The first-order valence-electron chi connectivity index (χ1n) is 11.3. The van der Waals surface area contributed by atoms with Crippen molar-refractivity contribution in [1.82, 2.24) is 25.1 Å². The van der Waals surface area contributed by atoms with E-state index in [1.54, 1.807) is 17.1 Å². The van der Waals surface area contributed by atoms with Crippen LogP contribution in [-0.4, -0.2) is 44.5 Å². The molecule has 0 bridgehead atoms. The van der Waals surface area contributed by atoms with E-state index in [0.29, 0.717) is 29.6 Å². The van der Waals surface area contributed by atoms with Crippen molar-refractivity contribution in [3.8, 4) is 28.5 Å². The van der Waals surface area contributed by atoms with Crippen LogP contribution in [0.1, 0.15) is 37.7 Å². The van der Waals surface area contributed by atoms with E-state index in [9.17, 15) is 0 Å². The van der Waals surface area contributed by atoms with Crippen molar-refractivity contribution < 1.29 is 14.2 Å². The molecule has 0 aliphatic carbocycles. The van der Waals surface area contributed by atoms with Gasteiger partial charge in [-0.1, -0.05) is 32.9 Å². The van der Waals surface area contributed by atoms with Crippen molar-refractivity contribution in [2.45, 2.75) is 32.8 Å². The maximum atomic E-state index is 5.93. The van der Waals surface area contributed by atoms with Crippen LogP contribution in [-0.2, 0) is 12.0 Å². The molecule has 3 heterocycles. The van der Waals surface area contributed by atoms with Crippen molar-refractivity contribution in [2.24, 2.45) is 5.10 Å². The van der Waals surface area contributed by atoms with Gasteiger partial charge < -0.3 is 14.2 Å². The van der Waals surface area contributed by atoms with E-state index in [1.807, 2.05) is 30.3 Å². The lowest BCUT2D eigenvalue weighted by atomic mass is 9.87. The molecular formula is C25H26N6O3S. The summed E-state index contributed by atoms with van der Waals surface area (Å²) >= 11 is 5.37. The number of rotatable bonds is 6. The normalized spacial score (nSPS) is 13.3. The molecule has 2 aromatic heterocycles. The van der Waals surface area contributed by atoms with Crippen LogP contribution in [0.3, 0.4) is 0 Å². The number of H-pyrrole nitrogens is 2. The molecule has 9 nitrogen and oxygen atoms in total. The van der Waals surface area contributed by atoms with Gasteiger partial charge in [0.05, 0.1) is 18.1 Å². The van der Waals surface area contributed by atoms with E-state index in [2.05, 4.69) is 58.4 Å². The Morgan fingerprint density at radius 3 is 2.63 bits per heavy atom. The highest BCUT2D eigenvalue weighted by atomic mass is 32.1. The number of benzene rings is 2. The summed E-state index contributed by atoms with van der Waals surface area (Å²) < 4.78 is 19.1. The zero-order chi connectivity index (χ0) is 24.4. The highest BCUT2D eigenvalue weighted by molar-refractivity contribution is 7.71. The van der Waals surface area contributed by atoms with Crippen LogP contribution in [0.25, 0.3) is 11.3 Å². The minimum absolute atomic E-state index is 0.0848. The Morgan fingerprint density at radius 1 is 1.09 bits per heavy atom. The largest absolute Gasteiger partial charge is 0.486 e. The summed E-state index contributed by atoms with van der Waals surface area (Å²) in [5.41, 5.74) is 3.82. The third-order valence-corrected chi connectivity index (χ3v) is 5.88. The molecule has 2 N–H and O–H groups in total. The molecule has 180 valence electrons. The number of hydrogen-bond acceptors (Lipinski definition) is 7.